The predicted octanol–water partition coefficient (Wildman–Crippen LogP) is 4.11. The van der Waals surface area contributed by atoms with E-state index in [1.807, 2.05) is 18.2 Å². The second kappa shape index (κ2) is 6.48. The van der Waals surface area contributed by atoms with Crippen molar-refractivity contribution in [1.29, 1.82) is 10.5 Å². The maximum absolute atomic E-state index is 12.9. The van der Waals surface area contributed by atoms with Gasteiger partial charge in [-0.2, -0.15) is 10.5 Å². The molecule has 1 aliphatic carbocycles. The van der Waals surface area contributed by atoms with E-state index in [0.717, 1.165) is 4.47 Å². The van der Waals surface area contributed by atoms with E-state index in [0.29, 0.717) is 11.1 Å². The van der Waals surface area contributed by atoms with Gasteiger partial charge in [0.25, 0.3) is 0 Å². The Labute approximate surface area is 155 Å². The number of halogens is 1. The first-order valence-corrected chi connectivity index (χ1v) is 9.86. The highest BCUT2D eigenvalue weighted by atomic mass is 79.9. The van der Waals surface area contributed by atoms with Crippen molar-refractivity contribution in [1.82, 2.24) is 0 Å². The summed E-state index contributed by atoms with van der Waals surface area (Å²) in [5, 5.41) is 18.4. The summed E-state index contributed by atoms with van der Waals surface area (Å²) in [5.74, 6) is 0. The van der Waals surface area contributed by atoms with E-state index < -0.39 is 20.5 Å². The molecule has 0 fully saturated rings. The molecule has 0 aliphatic heterocycles. The number of nitriles is 2. The highest BCUT2D eigenvalue weighted by Gasteiger charge is 2.47. The molecule has 25 heavy (non-hydrogen) atoms. The maximum Gasteiger partial charge on any atom is 0.184 e. The molecule has 0 saturated carbocycles. The lowest BCUT2D eigenvalue weighted by Crippen LogP contribution is -2.23. The molecule has 4 nitrogen and oxygen atoms in total. The molecule has 124 valence electrons. The van der Waals surface area contributed by atoms with Gasteiger partial charge in [-0.15, -0.1) is 0 Å². The molecule has 0 saturated heterocycles. The third kappa shape index (κ3) is 3.00. The van der Waals surface area contributed by atoms with E-state index in [1.54, 1.807) is 42.5 Å². The summed E-state index contributed by atoms with van der Waals surface area (Å²) in [4.78, 5) is 0.191. The molecule has 2 aromatic rings. The predicted molar refractivity (Wildman–Crippen MR) is 97.8 cm³/mol. The lowest BCUT2D eigenvalue weighted by atomic mass is 9.81. The lowest BCUT2D eigenvalue weighted by Gasteiger charge is -2.17. The molecular weight excluding hydrogens is 400 g/mol. The van der Waals surface area contributed by atoms with Gasteiger partial charge in [0, 0.05) is 10.9 Å². The van der Waals surface area contributed by atoms with E-state index in [4.69, 9.17) is 0 Å². The summed E-state index contributed by atoms with van der Waals surface area (Å²) >= 11 is 3.37. The molecule has 0 radical (unpaired) electrons. The van der Waals surface area contributed by atoms with Crippen molar-refractivity contribution in [3.05, 3.63) is 70.7 Å². The highest BCUT2D eigenvalue weighted by molar-refractivity contribution is 9.10. The fraction of sp³-hybridized carbons (Fsp3) is 0.158. The average Bonchev–Trinajstić information content (AvgIpc) is 3.04. The van der Waals surface area contributed by atoms with Gasteiger partial charge in [0.1, 0.15) is 0 Å². The zero-order valence-electron chi connectivity index (χ0n) is 13.1. The molecule has 3 rings (SSSR count). The molecule has 6 heteroatoms. The highest BCUT2D eigenvalue weighted by Crippen LogP contribution is 2.47. The zero-order chi connectivity index (χ0) is 18.1. The largest absolute Gasteiger partial charge is 0.223 e. The Morgan fingerprint density at radius 3 is 2.32 bits per heavy atom. The normalized spacial score (nSPS) is 18.8. The molecule has 0 heterocycles. The van der Waals surface area contributed by atoms with Crippen LogP contribution in [0.3, 0.4) is 0 Å². The standard InChI is InChI=1S/C19H13BrN2O2S/c20-15-6-4-5-14(9-15)18-10-17(11-19(18,12-21)13-22)25(23,24)16-7-2-1-3-8-16/h1-10,17H,11H2. The van der Waals surface area contributed by atoms with Crippen LogP contribution in [0.25, 0.3) is 5.57 Å². The second-order valence-corrected chi connectivity index (χ2v) is 8.90. The number of sulfone groups is 1. The van der Waals surface area contributed by atoms with E-state index in [9.17, 15) is 18.9 Å². The summed E-state index contributed by atoms with van der Waals surface area (Å²) < 4.78 is 26.6. The number of hydrogen-bond donors (Lipinski definition) is 0. The van der Waals surface area contributed by atoms with Crippen molar-refractivity contribution in [3.63, 3.8) is 0 Å². The smallest absolute Gasteiger partial charge is 0.184 e. The zero-order valence-corrected chi connectivity index (χ0v) is 15.5. The Kier molecular flexibility index (Phi) is 4.51. The Balaban J connectivity index is 2.14. The van der Waals surface area contributed by atoms with Crippen LogP contribution >= 0.6 is 15.9 Å². The third-order valence-electron chi connectivity index (χ3n) is 4.31. The Morgan fingerprint density at radius 2 is 1.72 bits per heavy atom. The lowest BCUT2D eigenvalue weighted by molar-refractivity contribution is 0.572. The van der Waals surface area contributed by atoms with Crippen molar-refractivity contribution in [3.8, 4) is 12.1 Å². The summed E-state index contributed by atoms with van der Waals surface area (Å²) in [6, 6.07) is 19.4. The van der Waals surface area contributed by atoms with E-state index in [1.165, 1.54) is 12.1 Å². The minimum Gasteiger partial charge on any atom is -0.223 e. The Hall–Kier alpha value is -2.41. The number of benzene rings is 2. The average molecular weight is 413 g/mol. The topological polar surface area (TPSA) is 81.7 Å². The van der Waals surface area contributed by atoms with Crippen LogP contribution in [0.5, 0.6) is 0 Å². The van der Waals surface area contributed by atoms with E-state index in [2.05, 4.69) is 15.9 Å². The molecule has 0 bridgehead atoms. The van der Waals surface area contributed by atoms with Gasteiger partial charge in [0.05, 0.1) is 22.3 Å². The summed E-state index contributed by atoms with van der Waals surface area (Å²) in [5.41, 5.74) is -0.362. The SMILES string of the molecule is N#CC1(C#N)CC(S(=O)(=O)c2ccccc2)C=C1c1cccc(Br)c1. The number of hydrogen-bond acceptors (Lipinski definition) is 4. The van der Waals surface area contributed by atoms with Gasteiger partial charge < -0.3 is 0 Å². The van der Waals surface area contributed by atoms with Gasteiger partial charge in [-0.05, 0) is 35.4 Å². The maximum atomic E-state index is 12.9. The van der Waals surface area contributed by atoms with Crippen molar-refractivity contribution < 1.29 is 8.42 Å². The summed E-state index contributed by atoms with van der Waals surface area (Å²) in [7, 11) is -3.67. The van der Waals surface area contributed by atoms with Crippen LogP contribution in [0.15, 0.2) is 70.0 Å². The van der Waals surface area contributed by atoms with Crippen LogP contribution in [0.1, 0.15) is 12.0 Å². The molecule has 0 spiro atoms. The first-order chi connectivity index (χ1) is 11.9. The molecule has 1 unspecified atom stereocenters. The van der Waals surface area contributed by atoms with Crippen molar-refractivity contribution in [2.24, 2.45) is 5.41 Å². The monoisotopic (exact) mass is 412 g/mol. The number of allylic oxidation sites excluding steroid dienone is 1. The molecule has 2 aromatic carbocycles. The quantitative estimate of drug-likeness (QED) is 0.758. The molecule has 0 aromatic heterocycles. The molecule has 0 amide bonds. The van der Waals surface area contributed by atoms with E-state index >= 15 is 0 Å². The first-order valence-electron chi connectivity index (χ1n) is 7.53. The Morgan fingerprint density at radius 1 is 1.04 bits per heavy atom. The minimum absolute atomic E-state index is 0.0704. The minimum atomic E-state index is -3.67. The van der Waals surface area contributed by atoms with Crippen molar-refractivity contribution >= 4 is 31.3 Å². The van der Waals surface area contributed by atoms with Crippen molar-refractivity contribution in [2.75, 3.05) is 0 Å². The van der Waals surface area contributed by atoms with Crippen LogP contribution in [0.4, 0.5) is 0 Å². The molecule has 0 N–H and O–H groups in total. The van der Waals surface area contributed by atoms with Gasteiger partial charge in [-0.1, -0.05) is 52.3 Å². The fourth-order valence-electron chi connectivity index (χ4n) is 3.02. The van der Waals surface area contributed by atoms with Crippen LogP contribution < -0.4 is 0 Å². The molecule has 1 atom stereocenters. The molecular formula is C19H13BrN2O2S. The number of nitrogens with zero attached hydrogens (tertiary/aromatic N) is 2. The van der Waals surface area contributed by atoms with Crippen LogP contribution in [0.2, 0.25) is 0 Å². The number of rotatable bonds is 3. The van der Waals surface area contributed by atoms with Gasteiger partial charge in [0.15, 0.2) is 15.3 Å². The van der Waals surface area contributed by atoms with Crippen molar-refractivity contribution in [2.45, 2.75) is 16.6 Å². The van der Waals surface area contributed by atoms with Gasteiger partial charge in [0.2, 0.25) is 0 Å². The van der Waals surface area contributed by atoms with Gasteiger partial charge in [-0.25, -0.2) is 8.42 Å². The van der Waals surface area contributed by atoms with Gasteiger partial charge in [-0.3, -0.25) is 0 Å². The molecule has 1 aliphatic rings. The summed E-state index contributed by atoms with van der Waals surface area (Å²) in [6.45, 7) is 0. The van der Waals surface area contributed by atoms with Gasteiger partial charge >= 0.3 is 0 Å². The second-order valence-electron chi connectivity index (χ2n) is 5.82. The van der Waals surface area contributed by atoms with Crippen LogP contribution in [-0.2, 0) is 9.84 Å². The first kappa shape index (κ1) is 17.4. The Bertz CT molecular complexity index is 1020. The summed E-state index contributed by atoms with van der Waals surface area (Å²) in [6.07, 6.45) is 1.48. The van der Waals surface area contributed by atoms with Crippen LogP contribution in [-0.4, -0.2) is 13.7 Å². The fourth-order valence-corrected chi connectivity index (χ4v) is 5.09. The van der Waals surface area contributed by atoms with E-state index in [-0.39, 0.29) is 11.3 Å². The third-order valence-corrected chi connectivity index (χ3v) is 6.83. The van der Waals surface area contributed by atoms with Crippen LogP contribution in [0, 0.1) is 28.1 Å².